The largest absolute Gasteiger partial charge is 0.379 e. The van der Waals surface area contributed by atoms with Gasteiger partial charge in [0, 0.05) is 31.4 Å². The molecule has 3 heterocycles. The second-order valence-corrected chi connectivity index (χ2v) is 6.71. The van der Waals surface area contributed by atoms with Crippen LogP contribution in [-0.2, 0) is 4.74 Å². The summed E-state index contributed by atoms with van der Waals surface area (Å²) in [6.45, 7) is 8.31. The smallest absolute Gasteiger partial charge is 0.254 e. The van der Waals surface area contributed by atoms with Crippen molar-refractivity contribution in [3.8, 4) is 0 Å². The molecule has 0 radical (unpaired) electrons. The van der Waals surface area contributed by atoms with Gasteiger partial charge in [0.2, 0.25) is 0 Å². The molecule has 136 valence electrons. The van der Waals surface area contributed by atoms with E-state index in [9.17, 15) is 0 Å². The summed E-state index contributed by atoms with van der Waals surface area (Å²) >= 11 is 0. The highest BCUT2D eigenvalue weighted by molar-refractivity contribution is 5.45. The normalized spacial score (nSPS) is 16.7. The number of hydrogen-bond donors (Lipinski definition) is 1. The number of fused-ring (bicyclic) bond motifs is 1. The van der Waals surface area contributed by atoms with Gasteiger partial charge in [-0.1, -0.05) is 29.8 Å². The van der Waals surface area contributed by atoms with E-state index in [4.69, 9.17) is 4.74 Å². The number of nitrogens with one attached hydrogen (secondary N) is 1. The van der Waals surface area contributed by atoms with Crippen molar-refractivity contribution in [2.75, 3.05) is 38.2 Å². The van der Waals surface area contributed by atoms with E-state index in [1.807, 2.05) is 13.0 Å². The van der Waals surface area contributed by atoms with E-state index >= 15 is 0 Å². The summed E-state index contributed by atoms with van der Waals surface area (Å²) in [6.07, 6.45) is 1.53. The molecule has 0 spiro atoms. The first-order valence-corrected chi connectivity index (χ1v) is 9.00. The number of benzene rings is 1. The Labute approximate surface area is 153 Å². The molecule has 1 fully saturated rings. The van der Waals surface area contributed by atoms with E-state index in [0.717, 1.165) is 44.4 Å². The Kier molecular flexibility index (Phi) is 4.81. The lowest BCUT2D eigenvalue weighted by molar-refractivity contribution is 0.0187. The van der Waals surface area contributed by atoms with Gasteiger partial charge in [-0.2, -0.15) is 14.6 Å². The van der Waals surface area contributed by atoms with Crippen molar-refractivity contribution in [3.63, 3.8) is 0 Å². The molecule has 3 aromatic rings. The molecule has 1 aliphatic heterocycles. The van der Waals surface area contributed by atoms with Crippen LogP contribution >= 0.6 is 0 Å². The van der Waals surface area contributed by atoms with Crippen molar-refractivity contribution in [1.29, 1.82) is 0 Å². The number of ether oxygens (including phenoxy) is 1. The lowest BCUT2D eigenvalue weighted by Gasteiger charge is -2.35. The van der Waals surface area contributed by atoms with Crippen LogP contribution in [0.15, 0.2) is 36.7 Å². The molecule has 1 aliphatic rings. The molecular weight excluding hydrogens is 328 g/mol. The minimum atomic E-state index is 0.270. The number of rotatable bonds is 5. The van der Waals surface area contributed by atoms with Crippen LogP contribution in [0.3, 0.4) is 0 Å². The van der Waals surface area contributed by atoms with E-state index in [1.54, 1.807) is 4.52 Å². The van der Waals surface area contributed by atoms with Crippen LogP contribution in [0.25, 0.3) is 5.78 Å². The molecule has 0 saturated carbocycles. The van der Waals surface area contributed by atoms with Crippen LogP contribution in [0.4, 0.5) is 5.82 Å². The highest BCUT2D eigenvalue weighted by Crippen LogP contribution is 2.23. The van der Waals surface area contributed by atoms with Gasteiger partial charge in [0.1, 0.15) is 12.1 Å². The SMILES string of the molecule is Cc1ccc(C(CNc2cc(C)nc3ncnn23)N2CCOCC2)cc1. The lowest BCUT2D eigenvalue weighted by Crippen LogP contribution is -2.41. The molecule has 0 aliphatic carbocycles. The molecule has 0 bridgehead atoms. The predicted molar refractivity (Wildman–Crippen MR) is 100 cm³/mol. The van der Waals surface area contributed by atoms with Gasteiger partial charge < -0.3 is 10.1 Å². The third kappa shape index (κ3) is 3.54. The summed E-state index contributed by atoms with van der Waals surface area (Å²) in [5.74, 6) is 1.53. The summed E-state index contributed by atoms with van der Waals surface area (Å²) in [7, 11) is 0. The minimum Gasteiger partial charge on any atom is -0.379 e. The average molecular weight is 352 g/mol. The first kappa shape index (κ1) is 16.9. The molecule has 7 nitrogen and oxygen atoms in total. The number of nitrogens with zero attached hydrogens (tertiary/aromatic N) is 5. The number of aromatic nitrogens is 4. The van der Waals surface area contributed by atoms with E-state index < -0.39 is 0 Å². The van der Waals surface area contributed by atoms with Crippen molar-refractivity contribution in [1.82, 2.24) is 24.5 Å². The van der Waals surface area contributed by atoms with Crippen molar-refractivity contribution < 1.29 is 4.74 Å². The Morgan fingerprint density at radius 3 is 2.69 bits per heavy atom. The molecule has 26 heavy (non-hydrogen) atoms. The predicted octanol–water partition coefficient (Wildman–Crippen LogP) is 2.23. The summed E-state index contributed by atoms with van der Waals surface area (Å²) in [5, 5.41) is 7.84. The van der Waals surface area contributed by atoms with Crippen LogP contribution in [0.5, 0.6) is 0 Å². The summed E-state index contributed by atoms with van der Waals surface area (Å²) in [6, 6.07) is 11.1. The van der Waals surface area contributed by atoms with Gasteiger partial charge in [-0.05, 0) is 19.4 Å². The van der Waals surface area contributed by atoms with Crippen molar-refractivity contribution in [2.24, 2.45) is 0 Å². The monoisotopic (exact) mass is 352 g/mol. The molecule has 2 aromatic heterocycles. The lowest BCUT2D eigenvalue weighted by atomic mass is 10.0. The second-order valence-electron chi connectivity index (χ2n) is 6.71. The molecule has 0 amide bonds. The van der Waals surface area contributed by atoms with Crippen molar-refractivity contribution in [3.05, 3.63) is 53.5 Å². The van der Waals surface area contributed by atoms with E-state index in [0.29, 0.717) is 5.78 Å². The summed E-state index contributed by atoms with van der Waals surface area (Å²) in [5.41, 5.74) is 3.51. The fourth-order valence-corrected chi connectivity index (χ4v) is 3.39. The van der Waals surface area contributed by atoms with Gasteiger partial charge in [-0.25, -0.2) is 4.98 Å². The Hall–Kier alpha value is -2.51. The molecule has 1 aromatic carbocycles. The van der Waals surface area contributed by atoms with Crippen LogP contribution in [0.2, 0.25) is 0 Å². The maximum Gasteiger partial charge on any atom is 0.254 e. The Morgan fingerprint density at radius 1 is 1.15 bits per heavy atom. The quantitative estimate of drug-likeness (QED) is 0.759. The number of aryl methyl sites for hydroxylation is 2. The van der Waals surface area contributed by atoms with E-state index in [-0.39, 0.29) is 6.04 Å². The Bertz CT molecular complexity index is 869. The third-order valence-corrected chi connectivity index (χ3v) is 4.81. The second kappa shape index (κ2) is 7.39. The van der Waals surface area contributed by atoms with E-state index in [2.05, 4.69) is 56.5 Å². The third-order valence-electron chi connectivity index (χ3n) is 4.81. The fraction of sp³-hybridized carbons (Fsp3) is 0.421. The van der Waals surface area contributed by atoms with Crippen molar-refractivity contribution in [2.45, 2.75) is 19.9 Å². The molecule has 1 saturated heterocycles. The highest BCUT2D eigenvalue weighted by atomic mass is 16.5. The Balaban J connectivity index is 1.59. The van der Waals surface area contributed by atoms with Gasteiger partial charge in [0.05, 0.1) is 19.3 Å². The average Bonchev–Trinajstić information content (AvgIpc) is 3.12. The minimum absolute atomic E-state index is 0.270. The maximum atomic E-state index is 5.54. The zero-order chi connectivity index (χ0) is 17.9. The van der Waals surface area contributed by atoms with E-state index in [1.165, 1.54) is 17.5 Å². The number of morpholine rings is 1. The molecule has 7 heteroatoms. The van der Waals surface area contributed by atoms with Crippen LogP contribution in [0.1, 0.15) is 22.9 Å². The van der Waals surface area contributed by atoms with Gasteiger partial charge in [0.25, 0.3) is 5.78 Å². The van der Waals surface area contributed by atoms with Crippen molar-refractivity contribution >= 4 is 11.6 Å². The summed E-state index contributed by atoms with van der Waals surface area (Å²) < 4.78 is 7.29. The van der Waals surface area contributed by atoms with Gasteiger partial charge >= 0.3 is 0 Å². The molecule has 1 unspecified atom stereocenters. The first-order valence-electron chi connectivity index (χ1n) is 9.00. The standard InChI is InChI=1S/C19H24N6O/c1-14-3-5-16(6-4-14)17(24-7-9-26-10-8-24)12-20-18-11-15(2)23-19-21-13-22-25(18)19/h3-6,11,13,17,20H,7-10,12H2,1-2H3. The topological polar surface area (TPSA) is 67.6 Å². The maximum absolute atomic E-state index is 5.54. The highest BCUT2D eigenvalue weighted by Gasteiger charge is 2.23. The fourth-order valence-electron chi connectivity index (χ4n) is 3.39. The molecular formula is C19H24N6O. The number of hydrogen-bond acceptors (Lipinski definition) is 6. The zero-order valence-corrected chi connectivity index (χ0v) is 15.2. The Morgan fingerprint density at radius 2 is 1.92 bits per heavy atom. The van der Waals surface area contributed by atoms with Gasteiger partial charge in [-0.15, -0.1) is 0 Å². The van der Waals surface area contributed by atoms with Crippen LogP contribution in [-0.4, -0.2) is 57.3 Å². The van der Waals surface area contributed by atoms with Crippen LogP contribution < -0.4 is 5.32 Å². The molecule has 1 N–H and O–H groups in total. The first-order chi connectivity index (χ1) is 12.7. The molecule has 4 rings (SSSR count). The molecule has 1 atom stereocenters. The van der Waals surface area contributed by atoms with Gasteiger partial charge in [0.15, 0.2) is 0 Å². The van der Waals surface area contributed by atoms with Gasteiger partial charge in [-0.3, -0.25) is 4.90 Å². The number of anilines is 1. The zero-order valence-electron chi connectivity index (χ0n) is 15.2. The summed E-state index contributed by atoms with van der Waals surface area (Å²) in [4.78, 5) is 11.1. The van der Waals surface area contributed by atoms with Crippen LogP contribution in [0, 0.1) is 13.8 Å².